The Morgan fingerprint density at radius 2 is 1.66 bits per heavy atom. The third-order valence-electron chi connectivity index (χ3n) is 6.63. The molecule has 0 aliphatic carbocycles. The van der Waals surface area contributed by atoms with Gasteiger partial charge in [0.05, 0.1) is 11.6 Å². The highest BCUT2D eigenvalue weighted by molar-refractivity contribution is 6.46. The monoisotopic (exact) mass is 479 g/mol. The molecule has 2 aromatic rings. The van der Waals surface area contributed by atoms with E-state index >= 15 is 0 Å². The molecule has 186 valence electrons. The van der Waals surface area contributed by atoms with E-state index in [0.29, 0.717) is 43.4 Å². The minimum absolute atomic E-state index is 0.0869. The number of carbonyl (C=O) groups excluding carboxylic acids is 2. The lowest BCUT2D eigenvalue weighted by Gasteiger charge is -2.28. The Hall–Kier alpha value is -3.52. The van der Waals surface area contributed by atoms with Crippen LogP contribution in [0.2, 0.25) is 0 Å². The smallest absolute Gasteiger partial charge is 0.295 e. The molecule has 0 unspecified atom stereocenters. The van der Waals surface area contributed by atoms with Crippen molar-refractivity contribution < 1.29 is 24.2 Å². The molecule has 4 rings (SSSR count). The van der Waals surface area contributed by atoms with Crippen molar-refractivity contribution in [3.05, 3.63) is 59.2 Å². The summed E-state index contributed by atoms with van der Waals surface area (Å²) in [5.74, 6) is -0.407. The summed E-state index contributed by atoms with van der Waals surface area (Å²) in [6.07, 6.45) is 0. The minimum atomic E-state index is -0.685. The molecular formula is C27H33N3O5. The zero-order valence-electron chi connectivity index (χ0n) is 20.8. The molecule has 1 amide bonds. The number of rotatable bonds is 8. The Kier molecular flexibility index (Phi) is 7.31. The van der Waals surface area contributed by atoms with Gasteiger partial charge in [-0.05, 0) is 49.0 Å². The first-order valence-electron chi connectivity index (χ1n) is 12.0. The molecule has 1 atom stereocenters. The molecule has 0 aromatic heterocycles. The number of anilines is 1. The first kappa shape index (κ1) is 24.6. The normalized spacial score (nSPS) is 18.9. The second-order valence-corrected chi connectivity index (χ2v) is 8.86. The molecule has 0 saturated carbocycles. The molecule has 0 spiro atoms. The number of likely N-dealkylation sites (tertiary alicyclic amines) is 1. The number of fused-ring (bicyclic) bond motifs is 1. The second kappa shape index (κ2) is 10.4. The van der Waals surface area contributed by atoms with Crippen LogP contribution in [-0.4, -0.2) is 80.1 Å². The Labute approximate surface area is 206 Å². The van der Waals surface area contributed by atoms with Gasteiger partial charge in [0.2, 0.25) is 0 Å². The average Bonchev–Trinajstić information content (AvgIpc) is 3.13. The summed E-state index contributed by atoms with van der Waals surface area (Å²) in [4.78, 5) is 32.2. The summed E-state index contributed by atoms with van der Waals surface area (Å²) < 4.78 is 11.2. The fourth-order valence-electron chi connectivity index (χ4n) is 4.55. The van der Waals surface area contributed by atoms with Crippen molar-refractivity contribution in [2.75, 3.05) is 58.4 Å². The standard InChI is InChI=1S/C27H33N3O5/c1-5-29(6-2)13-14-30-24(18-7-10-20(11-8-18)28(3)4)23(26(32)27(30)33)25(31)19-9-12-21-22(17-19)35-16-15-34-21/h7-12,17,24,31H,5-6,13-16H2,1-4H3/t24-/m0/s1. The van der Waals surface area contributed by atoms with Crippen LogP contribution in [0, 0.1) is 0 Å². The van der Waals surface area contributed by atoms with Gasteiger partial charge in [-0.3, -0.25) is 9.59 Å². The molecule has 35 heavy (non-hydrogen) atoms. The molecule has 1 saturated heterocycles. The van der Waals surface area contributed by atoms with Crippen molar-refractivity contribution in [1.29, 1.82) is 0 Å². The average molecular weight is 480 g/mol. The van der Waals surface area contributed by atoms with Crippen LogP contribution in [0.1, 0.15) is 31.0 Å². The molecule has 8 nitrogen and oxygen atoms in total. The number of hydrogen-bond donors (Lipinski definition) is 1. The number of hydrogen-bond acceptors (Lipinski definition) is 7. The van der Waals surface area contributed by atoms with Crippen LogP contribution in [0.5, 0.6) is 11.5 Å². The van der Waals surface area contributed by atoms with Crippen LogP contribution in [-0.2, 0) is 9.59 Å². The maximum atomic E-state index is 13.3. The molecule has 0 bridgehead atoms. The molecule has 8 heteroatoms. The molecule has 2 heterocycles. The Morgan fingerprint density at radius 3 is 2.29 bits per heavy atom. The molecule has 2 aliphatic heterocycles. The summed E-state index contributed by atoms with van der Waals surface area (Å²) in [6, 6.07) is 12.1. The van der Waals surface area contributed by atoms with Gasteiger partial charge >= 0.3 is 0 Å². The van der Waals surface area contributed by atoms with Gasteiger partial charge in [0.1, 0.15) is 19.0 Å². The van der Waals surface area contributed by atoms with Crippen LogP contribution < -0.4 is 14.4 Å². The number of aliphatic hydroxyl groups is 1. The van der Waals surface area contributed by atoms with Crippen molar-refractivity contribution in [3.8, 4) is 11.5 Å². The lowest BCUT2D eigenvalue weighted by Crippen LogP contribution is -2.38. The summed E-state index contributed by atoms with van der Waals surface area (Å²) in [5, 5.41) is 11.3. The van der Waals surface area contributed by atoms with Crippen molar-refractivity contribution in [3.63, 3.8) is 0 Å². The van der Waals surface area contributed by atoms with E-state index in [4.69, 9.17) is 9.47 Å². The number of aliphatic hydroxyl groups excluding tert-OH is 1. The van der Waals surface area contributed by atoms with Crippen molar-refractivity contribution in [2.24, 2.45) is 0 Å². The van der Waals surface area contributed by atoms with E-state index in [1.54, 1.807) is 23.1 Å². The number of carbonyl (C=O) groups is 2. The fourth-order valence-corrected chi connectivity index (χ4v) is 4.55. The van der Waals surface area contributed by atoms with Gasteiger partial charge in [-0.1, -0.05) is 26.0 Å². The van der Waals surface area contributed by atoms with Crippen molar-refractivity contribution in [1.82, 2.24) is 9.80 Å². The molecule has 1 N–H and O–H groups in total. The van der Waals surface area contributed by atoms with Crippen LogP contribution in [0.4, 0.5) is 5.69 Å². The Morgan fingerprint density at radius 1 is 1.00 bits per heavy atom. The number of Topliss-reactive ketones (excluding diaryl/α,β-unsaturated/α-hetero) is 1. The van der Waals surface area contributed by atoms with Gasteiger partial charge in [-0.25, -0.2) is 0 Å². The fraction of sp³-hybridized carbons (Fsp3) is 0.407. The van der Waals surface area contributed by atoms with Crippen molar-refractivity contribution in [2.45, 2.75) is 19.9 Å². The van der Waals surface area contributed by atoms with E-state index in [9.17, 15) is 14.7 Å². The summed E-state index contributed by atoms with van der Waals surface area (Å²) in [6.45, 7) is 7.71. The molecular weight excluding hydrogens is 446 g/mol. The largest absolute Gasteiger partial charge is 0.507 e. The van der Waals surface area contributed by atoms with Crippen molar-refractivity contribution >= 4 is 23.1 Å². The van der Waals surface area contributed by atoms with Gasteiger partial charge in [0.25, 0.3) is 11.7 Å². The first-order valence-corrected chi connectivity index (χ1v) is 12.0. The first-order chi connectivity index (χ1) is 16.8. The lowest BCUT2D eigenvalue weighted by atomic mass is 9.95. The number of nitrogens with zero attached hydrogens (tertiary/aromatic N) is 3. The quantitative estimate of drug-likeness (QED) is 0.353. The third-order valence-corrected chi connectivity index (χ3v) is 6.63. The van der Waals surface area contributed by atoms with Gasteiger partial charge < -0.3 is 29.3 Å². The van der Waals surface area contributed by atoms with Crippen LogP contribution >= 0.6 is 0 Å². The highest BCUT2D eigenvalue weighted by Gasteiger charge is 2.46. The van der Waals surface area contributed by atoms with Gasteiger partial charge in [0.15, 0.2) is 11.5 Å². The maximum Gasteiger partial charge on any atom is 0.295 e. The molecule has 2 aromatic carbocycles. The number of amides is 1. The van der Waals surface area contributed by atoms with E-state index in [2.05, 4.69) is 18.7 Å². The number of ether oxygens (including phenoxy) is 2. The second-order valence-electron chi connectivity index (χ2n) is 8.86. The zero-order valence-corrected chi connectivity index (χ0v) is 20.8. The lowest BCUT2D eigenvalue weighted by molar-refractivity contribution is -0.140. The van der Waals surface area contributed by atoms with Gasteiger partial charge in [0, 0.05) is 38.4 Å². The minimum Gasteiger partial charge on any atom is -0.507 e. The summed E-state index contributed by atoms with van der Waals surface area (Å²) in [5.41, 5.74) is 2.27. The van der Waals surface area contributed by atoms with Crippen LogP contribution in [0.3, 0.4) is 0 Å². The Balaban J connectivity index is 1.78. The van der Waals surface area contributed by atoms with Gasteiger partial charge in [-0.15, -0.1) is 0 Å². The predicted molar refractivity (Wildman–Crippen MR) is 135 cm³/mol. The molecule has 1 fully saturated rings. The van der Waals surface area contributed by atoms with Crippen LogP contribution in [0.25, 0.3) is 5.76 Å². The summed E-state index contributed by atoms with van der Waals surface area (Å²) in [7, 11) is 3.90. The highest BCUT2D eigenvalue weighted by Crippen LogP contribution is 2.41. The van der Waals surface area contributed by atoms with E-state index < -0.39 is 17.7 Å². The predicted octanol–water partition coefficient (Wildman–Crippen LogP) is 3.29. The highest BCUT2D eigenvalue weighted by atomic mass is 16.6. The van der Waals surface area contributed by atoms with E-state index in [1.807, 2.05) is 43.3 Å². The molecule has 0 radical (unpaired) electrons. The van der Waals surface area contributed by atoms with E-state index in [1.165, 1.54) is 0 Å². The zero-order chi connectivity index (χ0) is 25.1. The van der Waals surface area contributed by atoms with E-state index in [-0.39, 0.29) is 11.3 Å². The maximum absolute atomic E-state index is 13.3. The number of likely N-dealkylation sites (N-methyl/N-ethyl adjacent to an activating group) is 1. The number of ketones is 1. The van der Waals surface area contributed by atoms with Gasteiger partial charge in [-0.2, -0.15) is 0 Å². The SMILES string of the molecule is CCN(CC)CCN1C(=O)C(=O)C(=C(O)c2ccc3c(c2)OCCO3)[C@@H]1c1ccc(N(C)C)cc1. The summed E-state index contributed by atoms with van der Waals surface area (Å²) >= 11 is 0. The topological polar surface area (TPSA) is 82.6 Å². The number of benzene rings is 2. The Bertz CT molecular complexity index is 1120. The van der Waals surface area contributed by atoms with E-state index in [0.717, 1.165) is 24.3 Å². The molecule has 2 aliphatic rings. The van der Waals surface area contributed by atoms with Crippen LogP contribution in [0.15, 0.2) is 48.0 Å². The third kappa shape index (κ3) is 4.84.